The maximum atomic E-state index is 5.33. The van der Waals surface area contributed by atoms with E-state index in [1.54, 1.807) is 6.26 Å². The Morgan fingerprint density at radius 3 is 2.86 bits per heavy atom. The van der Waals surface area contributed by atoms with Crippen LogP contribution >= 0.6 is 0 Å². The highest BCUT2D eigenvalue weighted by Gasteiger charge is 2.10. The van der Waals surface area contributed by atoms with Gasteiger partial charge < -0.3 is 14.6 Å². The zero-order valence-corrected chi connectivity index (χ0v) is 9.12. The Morgan fingerprint density at radius 1 is 1.29 bits per heavy atom. The Labute approximate surface area is 86.1 Å². The summed E-state index contributed by atoms with van der Waals surface area (Å²) in [5.74, 6) is 0.999. The van der Waals surface area contributed by atoms with Gasteiger partial charge in [0.05, 0.1) is 6.26 Å². The van der Waals surface area contributed by atoms with Gasteiger partial charge in [0.2, 0.25) is 0 Å². The summed E-state index contributed by atoms with van der Waals surface area (Å²) in [6.07, 6.45) is 2.92. The molecule has 0 spiro atoms. The quantitative estimate of drug-likeness (QED) is 0.745. The Balaban J connectivity index is 0.000000461. The van der Waals surface area contributed by atoms with Gasteiger partial charge in [-0.2, -0.15) is 0 Å². The Morgan fingerprint density at radius 2 is 2.14 bits per heavy atom. The normalized spacial score (nSPS) is 16.9. The molecule has 1 fully saturated rings. The molecule has 0 atom stereocenters. The van der Waals surface area contributed by atoms with Crippen LogP contribution in [-0.2, 0) is 0 Å². The van der Waals surface area contributed by atoms with Gasteiger partial charge in [-0.3, -0.25) is 0 Å². The maximum absolute atomic E-state index is 5.33. The summed E-state index contributed by atoms with van der Waals surface area (Å²) >= 11 is 0. The predicted octanol–water partition coefficient (Wildman–Crippen LogP) is 2.11. The molecule has 1 aromatic heterocycles. The lowest BCUT2D eigenvalue weighted by molar-refractivity contribution is 0.546. The monoisotopic (exact) mass is 196 g/mol. The largest absolute Gasteiger partial charge is 0.449 e. The third kappa shape index (κ3) is 3.07. The molecule has 0 saturated carbocycles. The number of nitrogens with one attached hydrogen (secondary N) is 1. The standard InChI is InChI=1S/C9H14N2O.C2H6/c1-3-9(12-8-1)11-6-2-4-10-5-7-11;1-2/h1,3,8,10H,2,4-7H2;1-2H3. The van der Waals surface area contributed by atoms with Crippen molar-refractivity contribution in [2.75, 3.05) is 31.1 Å². The molecule has 0 radical (unpaired) electrons. The molecular formula is C11H20N2O. The van der Waals surface area contributed by atoms with E-state index in [4.69, 9.17) is 4.42 Å². The number of hydrogen-bond donors (Lipinski definition) is 1. The molecule has 80 valence electrons. The van der Waals surface area contributed by atoms with Crippen LogP contribution in [0.5, 0.6) is 0 Å². The van der Waals surface area contributed by atoms with Crippen LogP contribution in [0.1, 0.15) is 20.3 Å². The molecule has 0 bridgehead atoms. The fourth-order valence-corrected chi connectivity index (χ4v) is 1.52. The van der Waals surface area contributed by atoms with Crippen molar-refractivity contribution >= 4 is 5.88 Å². The molecule has 2 rings (SSSR count). The van der Waals surface area contributed by atoms with Crippen LogP contribution in [0.15, 0.2) is 22.8 Å². The van der Waals surface area contributed by atoms with Gasteiger partial charge in [0.15, 0.2) is 5.88 Å². The van der Waals surface area contributed by atoms with Crippen molar-refractivity contribution in [1.82, 2.24) is 5.32 Å². The third-order valence-electron chi connectivity index (χ3n) is 2.16. The minimum absolute atomic E-state index is 0.999. The Bertz CT molecular complexity index is 213. The molecule has 1 saturated heterocycles. The minimum Gasteiger partial charge on any atom is -0.449 e. The van der Waals surface area contributed by atoms with Crippen molar-refractivity contribution in [3.63, 3.8) is 0 Å². The average Bonchev–Trinajstić information content (AvgIpc) is 2.64. The topological polar surface area (TPSA) is 28.4 Å². The van der Waals surface area contributed by atoms with E-state index in [1.165, 1.54) is 6.42 Å². The lowest BCUT2D eigenvalue weighted by atomic mass is 10.4. The van der Waals surface area contributed by atoms with Gasteiger partial charge in [0.25, 0.3) is 0 Å². The Kier molecular flexibility index (Phi) is 5.15. The highest BCUT2D eigenvalue weighted by Crippen LogP contribution is 2.14. The molecule has 14 heavy (non-hydrogen) atoms. The summed E-state index contributed by atoms with van der Waals surface area (Å²) in [5, 5.41) is 3.36. The second kappa shape index (κ2) is 6.49. The average molecular weight is 196 g/mol. The minimum atomic E-state index is 0.999. The molecule has 1 aliphatic heterocycles. The van der Waals surface area contributed by atoms with Crippen LogP contribution in [0.4, 0.5) is 5.88 Å². The van der Waals surface area contributed by atoms with E-state index >= 15 is 0 Å². The lowest BCUT2D eigenvalue weighted by Crippen LogP contribution is -2.27. The molecule has 1 aromatic rings. The first-order valence-corrected chi connectivity index (χ1v) is 5.46. The molecule has 0 amide bonds. The zero-order chi connectivity index (χ0) is 10.2. The van der Waals surface area contributed by atoms with Crippen LogP contribution in [0.25, 0.3) is 0 Å². The summed E-state index contributed by atoms with van der Waals surface area (Å²) in [5.41, 5.74) is 0. The molecule has 3 heteroatoms. The summed E-state index contributed by atoms with van der Waals surface area (Å²) < 4.78 is 5.33. The predicted molar refractivity (Wildman–Crippen MR) is 59.8 cm³/mol. The van der Waals surface area contributed by atoms with Crippen LogP contribution in [0.2, 0.25) is 0 Å². The van der Waals surface area contributed by atoms with Crippen LogP contribution < -0.4 is 10.2 Å². The van der Waals surface area contributed by atoms with Gasteiger partial charge in [-0.25, -0.2) is 0 Å². The van der Waals surface area contributed by atoms with Crippen molar-refractivity contribution in [2.24, 2.45) is 0 Å². The van der Waals surface area contributed by atoms with Gasteiger partial charge in [-0.1, -0.05) is 13.8 Å². The number of rotatable bonds is 1. The first-order chi connectivity index (χ1) is 6.97. The molecule has 3 nitrogen and oxygen atoms in total. The van der Waals surface area contributed by atoms with Crippen molar-refractivity contribution < 1.29 is 4.42 Å². The SMILES string of the molecule is CC.c1coc(N2CCCNCC2)c1. The van der Waals surface area contributed by atoms with E-state index in [0.717, 1.165) is 32.1 Å². The van der Waals surface area contributed by atoms with E-state index in [1.807, 2.05) is 26.0 Å². The second-order valence-electron chi connectivity index (χ2n) is 3.04. The smallest absolute Gasteiger partial charge is 0.195 e. The molecule has 0 aliphatic carbocycles. The first kappa shape index (κ1) is 11.1. The number of furan rings is 1. The maximum Gasteiger partial charge on any atom is 0.195 e. The summed E-state index contributed by atoms with van der Waals surface area (Å²) in [6, 6.07) is 3.96. The fourth-order valence-electron chi connectivity index (χ4n) is 1.52. The zero-order valence-electron chi connectivity index (χ0n) is 9.12. The highest BCUT2D eigenvalue weighted by molar-refractivity contribution is 5.34. The molecule has 1 N–H and O–H groups in total. The molecule has 1 aliphatic rings. The van der Waals surface area contributed by atoms with E-state index in [2.05, 4.69) is 10.2 Å². The lowest BCUT2D eigenvalue weighted by Gasteiger charge is -2.18. The van der Waals surface area contributed by atoms with E-state index in [-0.39, 0.29) is 0 Å². The third-order valence-corrected chi connectivity index (χ3v) is 2.16. The molecular weight excluding hydrogens is 176 g/mol. The van der Waals surface area contributed by atoms with Gasteiger partial charge >= 0.3 is 0 Å². The van der Waals surface area contributed by atoms with Crippen molar-refractivity contribution in [3.05, 3.63) is 18.4 Å². The van der Waals surface area contributed by atoms with Gasteiger partial charge in [0, 0.05) is 25.7 Å². The van der Waals surface area contributed by atoms with Gasteiger partial charge in [-0.15, -0.1) is 0 Å². The van der Waals surface area contributed by atoms with Crippen LogP contribution in [0.3, 0.4) is 0 Å². The van der Waals surface area contributed by atoms with Crippen molar-refractivity contribution in [2.45, 2.75) is 20.3 Å². The second-order valence-corrected chi connectivity index (χ2v) is 3.04. The summed E-state index contributed by atoms with van der Waals surface area (Å²) in [6.45, 7) is 8.33. The van der Waals surface area contributed by atoms with Crippen molar-refractivity contribution in [1.29, 1.82) is 0 Å². The van der Waals surface area contributed by atoms with Gasteiger partial charge in [0.1, 0.15) is 0 Å². The van der Waals surface area contributed by atoms with E-state index < -0.39 is 0 Å². The summed E-state index contributed by atoms with van der Waals surface area (Å²) in [4.78, 5) is 2.28. The van der Waals surface area contributed by atoms with Crippen molar-refractivity contribution in [3.8, 4) is 0 Å². The summed E-state index contributed by atoms with van der Waals surface area (Å²) in [7, 11) is 0. The number of nitrogens with zero attached hydrogens (tertiary/aromatic N) is 1. The van der Waals surface area contributed by atoms with E-state index in [9.17, 15) is 0 Å². The molecule has 0 aromatic carbocycles. The Hall–Kier alpha value is -0.960. The first-order valence-electron chi connectivity index (χ1n) is 5.46. The molecule has 0 unspecified atom stereocenters. The number of hydrogen-bond acceptors (Lipinski definition) is 3. The molecule has 2 heterocycles. The van der Waals surface area contributed by atoms with Gasteiger partial charge in [-0.05, 0) is 19.0 Å². The number of anilines is 1. The van der Waals surface area contributed by atoms with E-state index in [0.29, 0.717) is 0 Å². The van der Waals surface area contributed by atoms with Crippen LogP contribution in [-0.4, -0.2) is 26.2 Å². The van der Waals surface area contributed by atoms with Crippen LogP contribution in [0, 0.1) is 0 Å². The highest BCUT2D eigenvalue weighted by atomic mass is 16.3. The fraction of sp³-hybridized carbons (Fsp3) is 0.636.